The molecule has 0 aliphatic carbocycles. The van der Waals surface area contributed by atoms with E-state index in [4.69, 9.17) is 14.6 Å². The van der Waals surface area contributed by atoms with Crippen molar-refractivity contribution in [3.63, 3.8) is 0 Å². The van der Waals surface area contributed by atoms with Crippen molar-refractivity contribution < 1.29 is 14.6 Å². The molecule has 0 unspecified atom stereocenters. The number of benzene rings is 1. The Kier molecular flexibility index (Phi) is 2.92. The lowest BCUT2D eigenvalue weighted by Crippen LogP contribution is -1.93. The van der Waals surface area contributed by atoms with Crippen LogP contribution in [0.5, 0.6) is 11.5 Å². The van der Waals surface area contributed by atoms with Gasteiger partial charge in [0.05, 0.1) is 32.0 Å². The average molecular weight is 219 g/mol. The number of ether oxygens (including phenoxy) is 2. The van der Waals surface area contributed by atoms with Crippen LogP contribution in [0.25, 0.3) is 10.9 Å². The third-order valence-electron chi connectivity index (χ3n) is 2.41. The number of aliphatic hydroxyl groups is 1. The molecule has 2 rings (SSSR count). The van der Waals surface area contributed by atoms with Gasteiger partial charge in [0, 0.05) is 11.5 Å². The molecule has 4 heteroatoms. The monoisotopic (exact) mass is 219 g/mol. The Bertz CT molecular complexity index is 511. The number of rotatable bonds is 3. The number of aromatic nitrogens is 1. The number of hydrogen-bond acceptors (Lipinski definition) is 4. The summed E-state index contributed by atoms with van der Waals surface area (Å²) < 4.78 is 10.4. The summed E-state index contributed by atoms with van der Waals surface area (Å²) in [5, 5.41) is 9.96. The molecular weight excluding hydrogens is 206 g/mol. The first-order valence-corrected chi connectivity index (χ1v) is 4.91. The zero-order valence-electron chi connectivity index (χ0n) is 9.23. The fourth-order valence-electron chi connectivity index (χ4n) is 1.58. The van der Waals surface area contributed by atoms with Crippen LogP contribution in [0, 0.1) is 0 Å². The highest BCUT2D eigenvalue weighted by atomic mass is 16.5. The van der Waals surface area contributed by atoms with Crippen molar-refractivity contribution in [1.29, 1.82) is 0 Å². The Hall–Kier alpha value is -1.81. The zero-order valence-corrected chi connectivity index (χ0v) is 9.23. The summed E-state index contributed by atoms with van der Waals surface area (Å²) in [6.45, 7) is -0.0652. The van der Waals surface area contributed by atoms with Crippen molar-refractivity contribution in [2.24, 2.45) is 0 Å². The van der Waals surface area contributed by atoms with Crippen molar-refractivity contribution in [2.75, 3.05) is 14.2 Å². The van der Waals surface area contributed by atoms with E-state index in [1.807, 2.05) is 12.1 Å². The summed E-state index contributed by atoms with van der Waals surface area (Å²) in [5.74, 6) is 1.31. The molecule has 0 radical (unpaired) electrons. The molecule has 0 bridgehead atoms. The molecule has 2 aromatic rings. The van der Waals surface area contributed by atoms with Crippen molar-refractivity contribution in [3.8, 4) is 11.5 Å². The zero-order chi connectivity index (χ0) is 11.5. The largest absolute Gasteiger partial charge is 0.493 e. The second-order valence-corrected chi connectivity index (χ2v) is 3.36. The molecule has 4 nitrogen and oxygen atoms in total. The van der Waals surface area contributed by atoms with Gasteiger partial charge in [0.15, 0.2) is 11.5 Å². The van der Waals surface area contributed by atoms with E-state index in [1.54, 1.807) is 26.4 Å². The molecule has 0 saturated carbocycles. The minimum Gasteiger partial charge on any atom is -0.493 e. The molecule has 0 atom stereocenters. The molecule has 0 saturated heterocycles. The van der Waals surface area contributed by atoms with Crippen LogP contribution in [0.3, 0.4) is 0 Å². The number of methoxy groups -OCH3 is 2. The molecular formula is C12H13NO3. The molecule has 1 aromatic carbocycles. The van der Waals surface area contributed by atoms with Gasteiger partial charge in [-0.3, -0.25) is 4.98 Å². The third kappa shape index (κ3) is 1.79. The normalized spacial score (nSPS) is 10.4. The number of nitrogens with zero attached hydrogens (tertiary/aromatic N) is 1. The molecule has 1 N–H and O–H groups in total. The lowest BCUT2D eigenvalue weighted by Gasteiger charge is -2.09. The van der Waals surface area contributed by atoms with Gasteiger partial charge in [0.2, 0.25) is 0 Å². The molecule has 0 spiro atoms. The highest BCUT2D eigenvalue weighted by Gasteiger charge is 2.06. The quantitative estimate of drug-likeness (QED) is 0.854. The van der Waals surface area contributed by atoms with E-state index in [0.717, 1.165) is 10.9 Å². The number of aliphatic hydroxyl groups excluding tert-OH is 1. The fourth-order valence-corrected chi connectivity index (χ4v) is 1.58. The maximum Gasteiger partial charge on any atom is 0.162 e. The SMILES string of the molecule is COc1cc2ccc(CO)nc2cc1OC. The Morgan fingerprint density at radius 1 is 1.12 bits per heavy atom. The summed E-state index contributed by atoms with van der Waals surface area (Å²) in [7, 11) is 3.18. The smallest absolute Gasteiger partial charge is 0.162 e. The predicted octanol–water partition coefficient (Wildman–Crippen LogP) is 1.74. The van der Waals surface area contributed by atoms with E-state index in [1.165, 1.54) is 0 Å². The Morgan fingerprint density at radius 2 is 1.81 bits per heavy atom. The van der Waals surface area contributed by atoms with Crippen LogP contribution >= 0.6 is 0 Å². The minimum absolute atomic E-state index is 0.0652. The van der Waals surface area contributed by atoms with E-state index < -0.39 is 0 Å². The first kappa shape index (κ1) is 10.7. The third-order valence-corrected chi connectivity index (χ3v) is 2.41. The van der Waals surface area contributed by atoms with Crippen LogP contribution < -0.4 is 9.47 Å². The minimum atomic E-state index is -0.0652. The van der Waals surface area contributed by atoms with E-state index >= 15 is 0 Å². The van der Waals surface area contributed by atoms with Gasteiger partial charge in [-0.2, -0.15) is 0 Å². The average Bonchev–Trinajstić information content (AvgIpc) is 2.36. The van der Waals surface area contributed by atoms with Crippen molar-refractivity contribution in [2.45, 2.75) is 6.61 Å². The standard InChI is InChI=1S/C12H13NO3/c1-15-11-5-8-3-4-9(7-14)13-10(8)6-12(11)16-2/h3-6,14H,7H2,1-2H3. The Labute approximate surface area is 93.4 Å². The maximum absolute atomic E-state index is 9.01. The Balaban J connectivity index is 2.63. The molecule has 0 fully saturated rings. The van der Waals surface area contributed by atoms with Crippen LogP contribution in [0.1, 0.15) is 5.69 Å². The number of hydrogen-bond donors (Lipinski definition) is 1. The van der Waals surface area contributed by atoms with Gasteiger partial charge in [-0.15, -0.1) is 0 Å². The molecule has 0 aliphatic heterocycles. The Morgan fingerprint density at radius 3 is 2.44 bits per heavy atom. The molecule has 1 heterocycles. The maximum atomic E-state index is 9.01. The summed E-state index contributed by atoms with van der Waals surface area (Å²) in [4.78, 5) is 4.29. The van der Waals surface area contributed by atoms with Gasteiger partial charge in [-0.1, -0.05) is 6.07 Å². The second kappa shape index (κ2) is 4.37. The van der Waals surface area contributed by atoms with Crippen LogP contribution in [0.4, 0.5) is 0 Å². The van der Waals surface area contributed by atoms with Crippen molar-refractivity contribution in [3.05, 3.63) is 30.0 Å². The van der Waals surface area contributed by atoms with Crippen molar-refractivity contribution in [1.82, 2.24) is 4.98 Å². The van der Waals surface area contributed by atoms with Crippen LogP contribution in [0.15, 0.2) is 24.3 Å². The molecule has 84 valence electrons. The lowest BCUT2D eigenvalue weighted by atomic mass is 10.2. The van der Waals surface area contributed by atoms with E-state index in [0.29, 0.717) is 17.2 Å². The summed E-state index contributed by atoms with van der Waals surface area (Å²) >= 11 is 0. The van der Waals surface area contributed by atoms with Crippen LogP contribution in [-0.4, -0.2) is 24.3 Å². The van der Waals surface area contributed by atoms with Gasteiger partial charge in [0.1, 0.15) is 0 Å². The van der Waals surface area contributed by atoms with Crippen molar-refractivity contribution >= 4 is 10.9 Å². The summed E-state index contributed by atoms with van der Waals surface area (Å²) in [6, 6.07) is 7.35. The number of fused-ring (bicyclic) bond motifs is 1. The van der Waals surface area contributed by atoms with Gasteiger partial charge < -0.3 is 14.6 Å². The molecule has 16 heavy (non-hydrogen) atoms. The molecule has 1 aromatic heterocycles. The van der Waals surface area contributed by atoms with Gasteiger partial charge in [-0.05, 0) is 12.1 Å². The first-order valence-electron chi connectivity index (χ1n) is 4.91. The van der Waals surface area contributed by atoms with Gasteiger partial charge in [-0.25, -0.2) is 0 Å². The van der Waals surface area contributed by atoms with Crippen LogP contribution in [0.2, 0.25) is 0 Å². The highest BCUT2D eigenvalue weighted by molar-refractivity contribution is 5.82. The van der Waals surface area contributed by atoms with Gasteiger partial charge in [0.25, 0.3) is 0 Å². The van der Waals surface area contributed by atoms with E-state index in [9.17, 15) is 0 Å². The molecule has 0 amide bonds. The summed E-state index contributed by atoms with van der Waals surface area (Å²) in [5.41, 5.74) is 1.42. The highest BCUT2D eigenvalue weighted by Crippen LogP contribution is 2.31. The predicted molar refractivity (Wildman–Crippen MR) is 60.8 cm³/mol. The topological polar surface area (TPSA) is 51.6 Å². The lowest BCUT2D eigenvalue weighted by molar-refractivity contribution is 0.277. The van der Waals surface area contributed by atoms with Crippen LogP contribution in [-0.2, 0) is 6.61 Å². The number of pyridine rings is 1. The second-order valence-electron chi connectivity index (χ2n) is 3.36. The summed E-state index contributed by atoms with van der Waals surface area (Å²) in [6.07, 6.45) is 0. The van der Waals surface area contributed by atoms with Gasteiger partial charge >= 0.3 is 0 Å². The van der Waals surface area contributed by atoms with E-state index in [2.05, 4.69) is 4.98 Å². The van der Waals surface area contributed by atoms with E-state index in [-0.39, 0.29) is 6.61 Å². The fraction of sp³-hybridized carbons (Fsp3) is 0.250. The first-order chi connectivity index (χ1) is 7.78. The molecule has 0 aliphatic rings.